The Balaban J connectivity index is 1.42. The fourth-order valence-corrected chi connectivity index (χ4v) is 2.84. The van der Waals surface area contributed by atoms with Crippen LogP contribution in [0.4, 0.5) is 11.5 Å². The highest BCUT2D eigenvalue weighted by molar-refractivity contribution is 6.04. The van der Waals surface area contributed by atoms with E-state index in [0.717, 1.165) is 5.75 Å². The predicted molar refractivity (Wildman–Crippen MR) is 114 cm³/mol. The van der Waals surface area contributed by atoms with E-state index in [1.807, 2.05) is 36.4 Å². The van der Waals surface area contributed by atoms with Crippen molar-refractivity contribution < 1.29 is 9.53 Å². The summed E-state index contributed by atoms with van der Waals surface area (Å²) in [6.45, 7) is 0. The molecular formula is C23H17N5O2. The Morgan fingerprint density at radius 2 is 1.63 bits per heavy atom. The van der Waals surface area contributed by atoms with Crippen LogP contribution in [0.5, 0.6) is 11.5 Å². The Kier molecular flexibility index (Phi) is 5.14. The first kappa shape index (κ1) is 18.8. The van der Waals surface area contributed by atoms with Gasteiger partial charge < -0.3 is 15.8 Å². The first-order chi connectivity index (χ1) is 14.6. The lowest BCUT2D eigenvalue weighted by Crippen LogP contribution is -2.11. The molecule has 0 atom stereocenters. The molecule has 1 aromatic heterocycles. The summed E-state index contributed by atoms with van der Waals surface area (Å²) in [7, 11) is 0. The van der Waals surface area contributed by atoms with E-state index < -0.39 is 0 Å². The number of nitrogens with two attached hydrogens (primary N) is 1. The highest BCUT2D eigenvalue weighted by atomic mass is 16.5. The van der Waals surface area contributed by atoms with Gasteiger partial charge in [-0.1, -0.05) is 18.2 Å². The second kappa shape index (κ2) is 8.20. The molecule has 0 aliphatic carbocycles. The molecule has 3 aromatic carbocycles. The number of ether oxygens (including phenoxy) is 1. The largest absolute Gasteiger partial charge is 0.457 e. The molecule has 0 fully saturated rings. The molecule has 3 N–H and O–H groups in total. The van der Waals surface area contributed by atoms with Gasteiger partial charge in [0.1, 0.15) is 28.9 Å². The van der Waals surface area contributed by atoms with Crippen molar-refractivity contribution in [3.8, 4) is 23.3 Å². The molecule has 0 saturated heterocycles. The monoisotopic (exact) mass is 395 g/mol. The van der Waals surface area contributed by atoms with E-state index in [1.54, 1.807) is 48.5 Å². The summed E-state index contributed by atoms with van der Waals surface area (Å²) in [6.07, 6.45) is 1.41. The van der Waals surface area contributed by atoms with Gasteiger partial charge in [-0.15, -0.1) is 0 Å². The SMILES string of the molecule is N#Cc1cnn(-c2ccc(NC(=O)c3ccc(Oc4ccccc4)cc3)cc2)c1N. The van der Waals surface area contributed by atoms with Gasteiger partial charge in [0.05, 0.1) is 11.9 Å². The molecule has 0 unspecified atom stereocenters. The van der Waals surface area contributed by atoms with E-state index >= 15 is 0 Å². The first-order valence-corrected chi connectivity index (χ1v) is 9.12. The first-order valence-electron chi connectivity index (χ1n) is 9.12. The Morgan fingerprint density at radius 3 is 2.27 bits per heavy atom. The molecule has 0 spiro atoms. The molecule has 7 heteroatoms. The molecule has 146 valence electrons. The number of nitriles is 1. The standard InChI is InChI=1S/C23H17N5O2/c24-14-17-15-26-28(22(17)25)19-10-8-18(9-11-19)27-23(29)16-6-12-21(13-7-16)30-20-4-2-1-3-5-20/h1-13,15H,25H2,(H,27,29). The van der Waals surface area contributed by atoms with Gasteiger partial charge in [0.15, 0.2) is 0 Å². The average Bonchev–Trinajstić information content (AvgIpc) is 3.16. The molecule has 0 radical (unpaired) electrons. The molecular weight excluding hydrogens is 378 g/mol. The minimum atomic E-state index is -0.237. The van der Waals surface area contributed by atoms with Gasteiger partial charge in [-0.2, -0.15) is 10.4 Å². The number of anilines is 2. The number of carbonyl (C=O) groups excluding carboxylic acids is 1. The predicted octanol–water partition coefficient (Wildman–Crippen LogP) is 4.37. The van der Waals surface area contributed by atoms with Crippen LogP contribution < -0.4 is 15.8 Å². The molecule has 1 amide bonds. The van der Waals surface area contributed by atoms with Crippen molar-refractivity contribution in [2.45, 2.75) is 0 Å². The van der Waals surface area contributed by atoms with Crippen LogP contribution in [0, 0.1) is 11.3 Å². The lowest BCUT2D eigenvalue weighted by atomic mass is 10.2. The summed E-state index contributed by atoms with van der Waals surface area (Å²) in [4.78, 5) is 12.5. The summed E-state index contributed by atoms with van der Waals surface area (Å²) < 4.78 is 7.20. The Hall–Kier alpha value is -4.57. The number of nitrogen functional groups attached to an aromatic ring is 1. The number of hydrogen-bond donors (Lipinski definition) is 2. The Labute approximate surface area is 172 Å². The number of benzene rings is 3. The summed E-state index contributed by atoms with van der Waals surface area (Å²) in [5, 5.41) is 15.9. The smallest absolute Gasteiger partial charge is 0.255 e. The van der Waals surface area contributed by atoms with Crippen molar-refractivity contribution in [2.75, 3.05) is 11.1 Å². The summed E-state index contributed by atoms with van der Waals surface area (Å²) in [5.74, 6) is 1.41. The van der Waals surface area contributed by atoms with Crippen molar-refractivity contribution in [3.05, 3.63) is 96.2 Å². The highest BCUT2D eigenvalue weighted by Crippen LogP contribution is 2.22. The summed E-state index contributed by atoms with van der Waals surface area (Å²) >= 11 is 0. The second-order valence-electron chi connectivity index (χ2n) is 6.41. The number of aromatic nitrogens is 2. The van der Waals surface area contributed by atoms with Crippen molar-refractivity contribution in [2.24, 2.45) is 0 Å². The maximum atomic E-state index is 12.5. The van der Waals surface area contributed by atoms with E-state index in [9.17, 15) is 4.79 Å². The van der Waals surface area contributed by atoms with E-state index in [2.05, 4.69) is 10.4 Å². The van der Waals surface area contributed by atoms with E-state index in [4.69, 9.17) is 15.7 Å². The number of nitrogens with zero attached hydrogens (tertiary/aromatic N) is 3. The van der Waals surface area contributed by atoms with Crippen LogP contribution in [-0.4, -0.2) is 15.7 Å². The van der Waals surface area contributed by atoms with E-state index in [1.165, 1.54) is 10.9 Å². The zero-order chi connectivity index (χ0) is 20.9. The highest BCUT2D eigenvalue weighted by Gasteiger charge is 2.10. The Morgan fingerprint density at radius 1 is 0.967 bits per heavy atom. The number of carbonyl (C=O) groups is 1. The fraction of sp³-hybridized carbons (Fsp3) is 0. The third kappa shape index (κ3) is 3.98. The van der Waals surface area contributed by atoms with Gasteiger partial charge in [0.2, 0.25) is 0 Å². The van der Waals surface area contributed by atoms with Crippen LogP contribution in [-0.2, 0) is 0 Å². The minimum Gasteiger partial charge on any atom is -0.457 e. The number of para-hydroxylation sites is 1. The molecule has 7 nitrogen and oxygen atoms in total. The fourth-order valence-electron chi connectivity index (χ4n) is 2.84. The molecule has 4 rings (SSSR count). The number of rotatable bonds is 5. The van der Waals surface area contributed by atoms with Crippen LogP contribution in [0.1, 0.15) is 15.9 Å². The lowest BCUT2D eigenvalue weighted by molar-refractivity contribution is 0.102. The number of nitrogens with one attached hydrogen (secondary N) is 1. The topological polar surface area (TPSA) is 106 Å². The molecule has 0 saturated carbocycles. The average molecular weight is 395 g/mol. The summed E-state index contributed by atoms with van der Waals surface area (Å²) in [6, 6.07) is 25.3. The number of amides is 1. The van der Waals surface area contributed by atoms with Crippen LogP contribution in [0.25, 0.3) is 5.69 Å². The second-order valence-corrected chi connectivity index (χ2v) is 6.41. The third-order valence-corrected chi connectivity index (χ3v) is 4.39. The van der Waals surface area contributed by atoms with Crippen molar-refractivity contribution in [1.29, 1.82) is 5.26 Å². The van der Waals surface area contributed by atoms with Crippen LogP contribution in [0.3, 0.4) is 0 Å². The van der Waals surface area contributed by atoms with E-state index in [-0.39, 0.29) is 11.7 Å². The lowest BCUT2D eigenvalue weighted by Gasteiger charge is -2.09. The van der Waals surface area contributed by atoms with Crippen molar-refractivity contribution >= 4 is 17.4 Å². The zero-order valence-corrected chi connectivity index (χ0v) is 15.8. The van der Waals surface area contributed by atoms with Gasteiger partial charge in [-0.3, -0.25) is 4.79 Å². The summed E-state index contributed by atoms with van der Waals surface area (Å²) in [5.41, 5.74) is 8.03. The maximum Gasteiger partial charge on any atom is 0.255 e. The van der Waals surface area contributed by atoms with Crippen molar-refractivity contribution in [3.63, 3.8) is 0 Å². The van der Waals surface area contributed by atoms with Gasteiger partial charge in [0.25, 0.3) is 5.91 Å². The Bertz CT molecular complexity index is 1210. The van der Waals surface area contributed by atoms with E-state index in [0.29, 0.717) is 28.3 Å². The molecule has 0 bridgehead atoms. The molecule has 30 heavy (non-hydrogen) atoms. The quantitative estimate of drug-likeness (QED) is 0.522. The molecule has 0 aliphatic rings. The van der Waals surface area contributed by atoms with Gasteiger partial charge in [0, 0.05) is 11.3 Å². The molecule has 1 heterocycles. The normalized spacial score (nSPS) is 10.2. The van der Waals surface area contributed by atoms with Crippen LogP contribution in [0.15, 0.2) is 85.1 Å². The minimum absolute atomic E-state index is 0.237. The van der Waals surface area contributed by atoms with Crippen molar-refractivity contribution in [1.82, 2.24) is 9.78 Å². The number of hydrogen-bond acceptors (Lipinski definition) is 5. The van der Waals surface area contributed by atoms with Crippen LogP contribution >= 0.6 is 0 Å². The van der Waals surface area contributed by atoms with Gasteiger partial charge in [-0.25, -0.2) is 4.68 Å². The third-order valence-electron chi connectivity index (χ3n) is 4.39. The molecule has 0 aliphatic heterocycles. The van der Waals surface area contributed by atoms with Crippen LogP contribution in [0.2, 0.25) is 0 Å². The van der Waals surface area contributed by atoms with Gasteiger partial charge in [-0.05, 0) is 60.7 Å². The molecule has 4 aromatic rings. The van der Waals surface area contributed by atoms with Gasteiger partial charge >= 0.3 is 0 Å². The zero-order valence-electron chi connectivity index (χ0n) is 15.8. The maximum absolute atomic E-state index is 12.5.